The van der Waals surface area contributed by atoms with Crippen molar-refractivity contribution >= 4 is 5.96 Å². The van der Waals surface area contributed by atoms with Gasteiger partial charge in [0.2, 0.25) is 0 Å². The molecule has 0 aromatic carbocycles. The highest BCUT2D eigenvalue weighted by molar-refractivity contribution is 5.80. The summed E-state index contributed by atoms with van der Waals surface area (Å²) in [5.74, 6) is 1.87. The van der Waals surface area contributed by atoms with Crippen LogP contribution in [0.1, 0.15) is 18.6 Å². The van der Waals surface area contributed by atoms with E-state index >= 15 is 0 Å². The molecular formula is C18H27N3O3. The zero-order valence-electron chi connectivity index (χ0n) is 14.2. The first-order valence-electron chi connectivity index (χ1n) is 8.76. The molecular weight excluding hydrogens is 306 g/mol. The van der Waals surface area contributed by atoms with Gasteiger partial charge in [-0.15, -0.1) is 6.58 Å². The summed E-state index contributed by atoms with van der Waals surface area (Å²) in [6.45, 7) is 8.38. The minimum absolute atomic E-state index is 0.127. The van der Waals surface area contributed by atoms with Crippen LogP contribution in [0.3, 0.4) is 0 Å². The fourth-order valence-corrected chi connectivity index (χ4v) is 3.15. The molecule has 1 aromatic heterocycles. The maximum Gasteiger partial charge on any atom is 0.194 e. The second-order valence-corrected chi connectivity index (χ2v) is 6.11. The van der Waals surface area contributed by atoms with Gasteiger partial charge in [0.25, 0.3) is 0 Å². The van der Waals surface area contributed by atoms with Crippen LogP contribution in [0.4, 0.5) is 0 Å². The van der Waals surface area contributed by atoms with E-state index in [0.29, 0.717) is 19.7 Å². The average Bonchev–Trinajstić information content (AvgIpc) is 3.31. The summed E-state index contributed by atoms with van der Waals surface area (Å²) in [6.07, 6.45) is 6.90. The van der Waals surface area contributed by atoms with E-state index in [1.165, 1.54) is 0 Å². The van der Waals surface area contributed by atoms with Gasteiger partial charge in [-0.2, -0.15) is 0 Å². The fourth-order valence-electron chi connectivity index (χ4n) is 3.15. The highest BCUT2D eigenvalue weighted by atomic mass is 16.5. The van der Waals surface area contributed by atoms with Crippen molar-refractivity contribution in [1.82, 2.24) is 10.2 Å². The summed E-state index contributed by atoms with van der Waals surface area (Å²) in [6, 6.07) is 3.89. The Bertz CT molecular complexity index is 524. The van der Waals surface area contributed by atoms with Crippen molar-refractivity contribution in [2.45, 2.75) is 31.5 Å². The van der Waals surface area contributed by atoms with E-state index < -0.39 is 0 Å². The van der Waals surface area contributed by atoms with E-state index in [1.807, 2.05) is 18.2 Å². The van der Waals surface area contributed by atoms with Crippen LogP contribution in [0.5, 0.6) is 0 Å². The molecule has 24 heavy (non-hydrogen) atoms. The summed E-state index contributed by atoms with van der Waals surface area (Å²) in [4.78, 5) is 7.01. The predicted molar refractivity (Wildman–Crippen MR) is 93.2 cm³/mol. The smallest absolute Gasteiger partial charge is 0.194 e. The van der Waals surface area contributed by atoms with Crippen LogP contribution in [-0.2, 0) is 15.9 Å². The maximum atomic E-state index is 5.93. The van der Waals surface area contributed by atoms with Gasteiger partial charge in [0.15, 0.2) is 5.96 Å². The second kappa shape index (κ2) is 8.89. The summed E-state index contributed by atoms with van der Waals surface area (Å²) < 4.78 is 17.1. The van der Waals surface area contributed by atoms with Gasteiger partial charge >= 0.3 is 0 Å². The number of guanidine groups is 1. The van der Waals surface area contributed by atoms with Crippen molar-refractivity contribution in [2.75, 3.05) is 39.4 Å². The Kier molecular flexibility index (Phi) is 6.32. The van der Waals surface area contributed by atoms with Crippen molar-refractivity contribution in [3.8, 4) is 0 Å². The zero-order chi connectivity index (χ0) is 16.6. The van der Waals surface area contributed by atoms with E-state index in [9.17, 15) is 0 Å². The van der Waals surface area contributed by atoms with Gasteiger partial charge in [-0.05, 0) is 25.0 Å². The molecule has 0 aliphatic carbocycles. The molecule has 2 unspecified atom stereocenters. The van der Waals surface area contributed by atoms with Crippen LogP contribution in [0.25, 0.3) is 0 Å². The van der Waals surface area contributed by atoms with Crippen LogP contribution >= 0.6 is 0 Å². The third-order valence-electron chi connectivity index (χ3n) is 4.38. The van der Waals surface area contributed by atoms with Crippen molar-refractivity contribution < 1.29 is 13.9 Å². The fraction of sp³-hybridized carbons (Fsp3) is 0.611. The van der Waals surface area contributed by atoms with Crippen molar-refractivity contribution in [2.24, 2.45) is 4.99 Å². The topological polar surface area (TPSA) is 59.2 Å². The summed E-state index contributed by atoms with van der Waals surface area (Å²) in [5, 5.41) is 3.36. The Balaban J connectivity index is 1.59. The molecule has 0 saturated carbocycles. The Morgan fingerprint density at radius 2 is 2.29 bits per heavy atom. The third-order valence-corrected chi connectivity index (χ3v) is 4.38. The first-order chi connectivity index (χ1) is 11.9. The van der Waals surface area contributed by atoms with Gasteiger partial charge < -0.3 is 24.1 Å². The zero-order valence-corrected chi connectivity index (χ0v) is 14.2. The minimum Gasteiger partial charge on any atom is -0.469 e. The molecule has 0 amide bonds. The van der Waals surface area contributed by atoms with Gasteiger partial charge in [-0.3, -0.25) is 4.99 Å². The average molecular weight is 333 g/mol. The Labute approximate surface area is 143 Å². The van der Waals surface area contributed by atoms with E-state index in [1.54, 1.807) is 6.26 Å². The first-order valence-corrected chi connectivity index (χ1v) is 8.76. The van der Waals surface area contributed by atoms with E-state index in [-0.39, 0.29) is 12.2 Å². The van der Waals surface area contributed by atoms with Crippen LogP contribution in [0.2, 0.25) is 0 Å². The number of morpholine rings is 1. The molecule has 2 aliphatic heterocycles. The van der Waals surface area contributed by atoms with Crippen LogP contribution in [0.15, 0.2) is 40.5 Å². The Morgan fingerprint density at radius 1 is 1.38 bits per heavy atom. The molecule has 2 atom stereocenters. The highest BCUT2D eigenvalue weighted by Crippen LogP contribution is 2.21. The SMILES string of the molecule is C=CCNC(=NCCc1ccco1)N1CCOC(C2CCCO2)C1. The molecule has 3 rings (SSSR count). The number of nitrogens with one attached hydrogen (secondary N) is 1. The lowest BCUT2D eigenvalue weighted by Crippen LogP contribution is -2.53. The second-order valence-electron chi connectivity index (χ2n) is 6.11. The number of ether oxygens (including phenoxy) is 2. The molecule has 2 aliphatic rings. The number of aliphatic imine (C=N–C) groups is 1. The van der Waals surface area contributed by atoms with Crippen molar-refractivity contribution in [3.63, 3.8) is 0 Å². The van der Waals surface area contributed by atoms with Gasteiger partial charge in [-0.25, -0.2) is 0 Å². The molecule has 132 valence electrons. The van der Waals surface area contributed by atoms with Crippen LogP contribution < -0.4 is 5.32 Å². The third kappa shape index (κ3) is 4.61. The quantitative estimate of drug-likeness (QED) is 0.489. The number of rotatable bonds is 6. The molecule has 2 fully saturated rings. The van der Waals surface area contributed by atoms with Crippen molar-refractivity contribution in [1.29, 1.82) is 0 Å². The number of hydrogen-bond donors (Lipinski definition) is 1. The molecule has 6 heteroatoms. The maximum absolute atomic E-state index is 5.93. The van der Waals surface area contributed by atoms with Gasteiger partial charge in [0.05, 0.1) is 19.0 Å². The molecule has 0 radical (unpaired) electrons. The lowest BCUT2D eigenvalue weighted by molar-refractivity contribution is -0.0816. The number of furan rings is 1. The van der Waals surface area contributed by atoms with Gasteiger partial charge in [-0.1, -0.05) is 6.08 Å². The normalized spacial score (nSPS) is 25.0. The van der Waals surface area contributed by atoms with Gasteiger partial charge in [0.1, 0.15) is 11.9 Å². The number of nitrogens with zero attached hydrogens (tertiary/aromatic N) is 2. The largest absolute Gasteiger partial charge is 0.469 e. The monoisotopic (exact) mass is 333 g/mol. The Morgan fingerprint density at radius 3 is 3.04 bits per heavy atom. The predicted octanol–water partition coefficient (Wildman–Crippen LogP) is 1.83. The summed E-state index contributed by atoms with van der Waals surface area (Å²) in [5.41, 5.74) is 0. The standard InChI is InChI=1S/C18H27N3O3/c1-2-8-19-18(20-9-7-15-5-3-11-22-15)21-10-13-24-17(14-21)16-6-4-12-23-16/h2-3,5,11,16-17H,1,4,6-10,12-14H2,(H,19,20). The lowest BCUT2D eigenvalue weighted by atomic mass is 10.1. The van der Waals surface area contributed by atoms with Crippen LogP contribution in [-0.4, -0.2) is 62.5 Å². The van der Waals surface area contributed by atoms with Crippen molar-refractivity contribution in [3.05, 3.63) is 36.8 Å². The van der Waals surface area contributed by atoms with E-state index in [2.05, 4.69) is 16.8 Å². The lowest BCUT2D eigenvalue weighted by Gasteiger charge is -2.37. The number of hydrogen-bond acceptors (Lipinski definition) is 4. The summed E-state index contributed by atoms with van der Waals surface area (Å²) in [7, 11) is 0. The molecule has 1 aromatic rings. The first kappa shape index (κ1) is 17.0. The highest BCUT2D eigenvalue weighted by Gasteiger charge is 2.32. The van der Waals surface area contributed by atoms with E-state index in [4.69, 9.17) is 18.9 Å². The van der Waals surface area contributed by atoms with Gasteiger partial charge in [0, 0.05) is 39.2 Å². The molecule has 3 heterocycles. The van der Waals surface area contributed by atoms with E-state index in [0.717, 1.165) is 50.7 Å². The summed E-state index contributed by atoms with van der Waals surface area (Å²) >= 11 is 0. The molecule has 0 bridgehead atoms. The van der Waals surface area contributed by atoms with Crippen LogP contribution in [0, 0.1) is 0 Å². The molecule has 6 nitrogen and oxygen atoms in total. The molecule has 1 N–H and O–H groups in total. The minimum atomic E-state index is 0.127. The molecule has 0 spiro atoms. The molecule has 2 saturated heterocycles. The Hall–Kier alpha value is -1.79.